The summed E-state index contributed by atoms with van der Waals surface area (Å²) >= 11 is 0. The van der Waals surface area contributed by atoms with Crippen LogP contribution >= 0.6 is 0 Å². The van der Waals surface area contributed by atoms with Gasteiger partial charge in [0.25, 0.3) is 0 Å². The molecule has 1 atom stereocenters. The predicted octanol–water partition coefficient (Wildman–Crippen LogP) is 2.01. The van der Waals surface area contributed by atoms with Crippen LogP contribution in [-0.4, -0.2) is 44.9 Å². The molecular formula is C20H28N4O3. The molecule has 0 spiro atoms. The smallest absolute Gasteiger partial charge is 0.346 e. The Morgan fingerprint density at radius 2 is 2.04 bits per heavy atom. The number of hydrogen-bond acceptors (Lipinski definition) is 4. The van der Waals surface area contributed by atoms with Crippen molar-refractivity contribution in [2.75, 3.05) is 19.7 Å². The molecule has 0 bridgehead atoms. The van der Waals surface area contributed by atoms with E-state index in [0.717, 1.165) is 30.7 Å². The Labute approximate surface area is 159 Å². The van der Waals surface area contributed by atoms with E-state index < -0.39 is 0 Å². The lowest BCUT2D eigenvalue weighted by Gasteiger charge is -2.33. The first-order valence-corrected chi connectivity index (χ1v) is 9.74. The van der Waals surface area contributed by atoms with Crippen LogP contribution in [0.15, 0.2) is 35.1 Å². The highest BCUT2D eigenvalue weighted by atomic mass is 16.5. The Hall–Kier alpha value is -2.41. The first kappa shape index (κ1) is 19.4. The summed E-state index contributed by atoms with van der Waals surface area (Å²) in [6.45, 7) is 6.11. The van der Waals surface area contributed by atoms with Gasteiger partial charge in [-0.1, -0.05) is 43.7 Å². The summed E-state index contributed by atoms with van der Waals surface area (Å²) in [5.41, 5.74) is 0.856. The van der Waals surface area contributed by atoms with Crippen molar-refractivity contribution in [1.82, 2.24) is 19.2 Å². The van der Waals surface area contributed by atoms with Crippen LogP contribution in [0.5, 0.6) is 0 Å². The fraction of sp³-hybridized carbons (Fsp3) is 0.550. The molecule has 1 saturated heterocycles. The minimum Gasteiger partial charge on any atom is -0.370 e. The summed E-state index contributed by atoms with van der Waals surface area (Å²) in [5.74, 6) is 0.672. The zero-order valence-electron chi connectivity index (χ0n) is 16.1. The summed E-state index contributed by atoms with van der Waals surface area (Å²) in [7, 11) is 0. The van der Waals surface area contributed by atoms with E-state index in [-0.39, 0.29) is 24.2 Å². The highest BCUT2D eigenvalue weighted by molar-refractivity contribution is 5.76. The number of benzene rings is 1. The summed E-state index contributed by atoms with van der Waals surface area (Å²) < 4.78 is 8.79. The van der Waals surface area contributed by atoms with Gasteiger partial charge in [-0.2, -0.15) is 5.10 Å². The molecule has 3 rings (SSSR count). The number of amides is 1. The summed E-state index contributed by atoms with van der Waals surface area (Å²) in [6.07, 6.45) is 2.65. The molecule has 1 aromatic heterocycles. The molecular weight excluding hydrogens is 344 g/mol. The van der Waals surface area contributed by atoms with Crippen molar-refractivity contribution in [3.8, 4) is 0 Å². The maximum absolute atomic E-state index is 12.8. The van der Waals surface area contributed by atoms with E-state index in [1.54, 1.807) is 9.47 Å². The van der Waals surface area contributed by atoms with Crippen molar-refractivity contribution in [2.24, 2.45) is 0 Å². The van der Waals surface area contributed by atoms with Gasteiger partial charge in [0.05, 0.1) is 13.2 Å². The highest BCUT2D eigenvalue weighted by Gasteiger charge is 2.26. The lowest BCUT2D eigenvalue weighted by atomic mass is 10.1. The van der Waals surface area contributed by atoms with Crippen LogP contribution in [-0.2, 0) is 29.0 Å². The van der Waals surface area contributed by atoms with E-state index in [4.69, 9.17) is 4.74 Å². The Morgan fingerprint density at radius 1 is 1.26 bits per heavy atom. The molecule has 1 aliphatic rings. The Balaban J connectivity index is 1.69. The van der Waals surface area contributed by atoms with Crippen molar-refractivity contribution in [1.29, 1.82) is 0 Å². The molecule has 1 amide bonds. The van der Waals surface area contributed by atoms with E-state index in [1.807, 2.05) is 37.3 Å². The predicted molar refractivity (Wildman–Crippen MR) is 102 cm³/mol. The van der Waals surface area contributed by atoms with Gasteiger partial charge in [-0.05, 0) is 18.9 Å². The molecule has 1 aliphatic heterocycles. The second-order valence-corrected chi connectivity index (χ2v) is 6.81. The van der Waals surface area contributed by atoms with Crippen LogP contribution in [0.2, 0.25) is 0 Å². The zero-order chi connectivity index (χ0) is 19.2. The van der Waals surface area contributed by atoms with E-state index in [1.165, 1.54) is 4.68 Å². The van der Waals surface area contributed by atoms with Crippen LogP contribution in [0.3, 0.4) is 0 Å². The number of unbranched alkanes of at least 4 members (excludes halogenated alkanes) is 1. The van der Waals surface area contributed by atoms with Gasteiger partial charge in [-0.3, -0.25) is 9.36 Å². The molecule has 7 heteroatoms. The van der Waals surface area contributed by atoms with Crippen LogP contribution in [0.4, 0.5) is 0 Å². The second kappa shape index (κ2) is 8.99. The monoisotopic (exact) mass is 372 g/mol. The molecule has 0 saturated carbocycles. The zero-order valence-corrected chi connectivity index (χ0v) is 16.1. The third-order valence-electron chi connectivity index (χ3n) is 4.95. The third-order valence-corrected chi connectivity index (χ3v) is 4.95. The molecule has 0 N–H and O–H groups in total. The fourth-order valence-corrected chi connectivity index (χ4v) is 3.40. The van der Waals surface area contributed by atoms with Crippen molar-refractivity contribution in [2.45, 2.75) is 52.3 Å². The SMILES string of the molecule is CCCCc1nn(CC(=O)N2CCO[C@H](c3ccccc3)C2)c(=O)n1CC. The van der Waals surface area contributed by atoms with E-state index >= 15 is 0 Å². The number of aryl methyl sites for hydroxylation is 1. The van der Waals surface area contributed by atoms with Crippen LogP contribution in [0.25, 0.3) is 0 Å². The maximum Gasteiger partial charge on any atom is 0.346 e. The van der Waals surface area contributed by atoms with E-state index in [9.17, 15) is 9.59 Å². The van der Waals surface area contributed by atoms with Gasteiger partial charge >= 0.3 is 5.69 Å². The second-order valence-electron chi connectivity index (χ2n) is 6.81. The number of morpholine rings is 1. The average Bonchev–Trinajstić information content (AvgIpc) is 3.01. The summed E-state index contributed by atoms with van der Waals surface area (Å²) in [4.78, 5) is 27.1. The standard InChI is InChI=1S/C20H28N4O3/c1-3-5-11-18-21-24(20(26)23(18)4-2)15-19(25)22-12-13-27-17(14-22)16-9-7-6-8-10-16/h6-10,17H,3-5,11-15H2,1-2H3/t17-/m0/s1. The van der Waals surface area contributed by atoms with Crippen molar-refractivity contribution in [3.05, 3.63) is 52.2 Å². The molecule has 0 unspecified atom stereocenters. The minimum atomic E-state index is -0.204. The highest BCUT2D eigenvalue weighted by Crippen LogP contribution is 2.22. The Bertz CT molecular complexity index is 812. The van der Waals surface area contributed by atoms with Gasteiger partial charge in [0.15, 0.2) is 0 Å². The quantitative estimate of drug-likeness (QED) is 0.745. The van der Waals surface area contributed by atoms with Gasteiger partial charge in [-0.15, -0.1) is 0 Å². The topological polar surface area (TPSA) is 69.4 Å². The number of nitrogens with zero attached hydrogens (tertiary/aromatic N) is 4. The molecule has 1 aromatic carbocycles. The fourth-order valence-electron chi connectivity index (χ4n) is 3.40. The molecule has 0 aliphatic carbocycles. The number of aromatic nitrogens is 3. The van der Waals surface area contributed by atoms with Gasteiger partial charge in [-0.25, -0.2) is 9.48 Å². The first-order valence-electron chi connectivity index (χ1n) is 9.74. The number of carbonyl (C=O) groups excluding carboxylic acids is 1. The lowest BCUT2D eigenvalue weighted by Crippen LogP contribution is -2.44. The lowest BCUT2D eigenvalue weighted by molar-refractivity contribution is -0.139. The van der Waals surface area contributed by atoms with Gasteiger partial charge in [0.2, 0.25) is 5.91 Å². The van der Waals surface area contributed by atoms with Gasteiger partial charge in [0.1, 0.15) is 18.5 Å². The van der Waals surface area contributed by atoms with Crippen LogP contribution in [0, 0.1) is 0 Å². The molecule has 2 heterocycles. The summed E-state index contributed by atoms with van der Waals surface area (Å²) in [5, 5.41) is 4.42. The molecule has 27 heavy (non-hydrogen) atoms. The summed E-state index contributed by atoms with van der Waals surface area (Å²) in [6, 6.07) is 9.91. The first-order chi connectivity index (χ1) is 13.1. The minimum absolute atomic E-state index is 0.0214. The molecule has 2 aromatic rings. The molecule has 7 nitrogen and oxygen atoms in total. The van der Waals surface area contributed by atoms with Crippen molar-refractivity contribution in [3.63, 3.8) is 0 Å². The van der Waals surface area contributed by atoms with Gasteiger partial charge in [0, 0.05) is 19.5 Å². The van der Waals surface area contributed by atoms with Crippen LogP contribution < -0.4 is 5.69 Å². The van der Waals surface area contributed by atoms with Crippen molar-refractivity contribution < 1.29 is 9.53 Å². The van der Waals surface area contributed by atoms with Crippen molar-refractivity contribution >= 4 is 5.91 Å². The Kier molecular flexibility index (Phi) is 6.45. The van der Waals surface area contributed by atoms with E-state index in [2.05, 4.69) is 12.0 Å². The number of hydrogen-bond donors (Lipinski definition) is 0. The number of ether oxygens (including phenoxy) is 1. The normalized spacial score (nSPS) is 17.3. The van der Waals surface area contributed by atoms with Gasteiger partial charge < -0.3 is 9.64 Å². The Morgan fingerprint density at radius 3 is 2.74 bits per heavy atom. The maximum atomic E-state index is 12.8. The molecule has 146 valence electrons. The molecule has 0 radical (unpaired) electrons. The van der Waals surface area contributed by atoms with Crippen LogP contribution in [0.1, 0.15) is 44.2 Å². The average molecular weight is 372 g/mol. The molecule has 1 fully saturated rings. The van der Waals surface area contributed by atoms with E-state index in [0.29, 0.717) is 26.2 Å². The number of rotatable bonds is 7. The number of carbonyl (C=O) groups is 1. The largest absolute Gasteiger partial charge is 0.370 e. The third kappa shape index (κ3) is 4.47.